The first-order valence-corrected chi connectivity index (χ1v) is 6.89. The van der Waals surface area contributed by atoms with Crippen molar-refractivity contribution >= 4 is 27.4 Å². The Hall–Kier alpha value is 0.290. The molecule has 5 heteroatoms. The fourth-order valence-corrected chi connectivity index (χ4v) is 2.01. The van der Waals surface area contributed by atoms with Crippen molar-refractivity contribution in [1.82, 2.24) is 0 Å². The van der Waals surface area contributed by atoms with Gasteiger partial charge in [-0.05, 0) is 12.7 Å². The van der Waals surface area contributed by atoms with Crippen molar-refractivity contribution in [3.8, 4) is 0 Å². The van der Waals surface area contributed by atoms with E-state index in [9.17, 15) is 4.79 Å². The molecule has 1 unspecified atom stereocenters. The van der Waals surface area contributed by atoms with E-state index >= 15 is 0 Å². The zero-order valence-electron chi connectivity index (χ0n) is 7.73. The van der Waals surface area contributed by atoms with E-state index in [2.05, 4.69) is 0 Å². The maximum Gasteiger partial charge on any atom is 0.133 e. The molecule has 0 aliphatic rings. The summed E-state index contributed by atoms with van der Waals surface area (Å²) in [6.07, 6.45) is 2.54. The van der Waals surface area contributed by atoms with Crippen LogP contribution in [0.2, 0.25) is 0 Å². The first-order valence-electron chi connectivity index (χ1n) is 4.17. The number of rotatable bonds is 8. The summed E-state index contributed by atoms with van der Waals surface area (Å²) in [6, 6.07) is 0. The summed E-state index contributed by atoms with van der Waals surface area (Å²) in [5.74, 6) is 0.990. The third-order valence-electron chi connectivity index (χ3n) is 1.55. The largest absolute Gasteiger partial charge is 0.394 e. The zero-order valence-corrected chi connectivity index (χ0v) is 9.37. The van der Waals surface area contributed by atoms with Crippen molar-refractivity contribution in [2.45, 2.75) is 25.4 Å². The van der Waals surface area contributed by atoms with Gasteiger partial charge < -0.3 is 10.2 Å². The Labute approximate surface area is 86.7 Å². The second kappa shape index (κ2) is 8.87. The van der Waals surface area contributed by atoms with Gasteiger partial charge in [0.25, 0.3) is 0 Å². The van der Waals surface area contributed by atoms with E-state index in [-0.39, 0.29) is 12.4 Å². The molecule has 78 valence electrons. The molecule has 0 aromatic rings. The van der Waals surface area contributed by atoms with Crippen molar-refractivity contribution in [2.24, 2.45) is 0 Å². The summed E-state index contributed by atoms with van der Waals surface area (Å²) in [7, 11) is 3.31. The van der Waals surface area contributed by atoms with Crippen molar-refractivity contribution in [3.05, 3.63) is 0 Å². The van der Waals surface area contributed by atoms with Crippen LogP contribution in [0.1, 0.15) is 19.3 Å². The van der Waals surface area contributed by atoms with E-state index < -0.39 is 6.10 Å². The van der Waals surface area contributed by atoms with Crippen LogP contribution in [0.3, 0.4) is 0 Å². The highest BCUT2D eigenvalue weighted by atomic mass is 33.1. The molecule has 0 amide bonds. The van der Waals surface area contributed by atoms with Gasteiger partial charge >= 0.3 is 0 Å². The number of carbonyl (C=O) groups is 1. The van der Waals surface area contributed by atoms with Gasteiger partial charge in [0.2, 0.25) is 0 Å². The van der Waals surface area contributed by atoms with Gasteiger partial charge in [-0.2, -0.15) is 0 Å². The van der Waals surface area contributed by atoms with E-state index in [1.165, 1.54) is 0 Å². The van der Waals surface area contributed by atoms with Gasteiger partial charge in [-0.3, -0.25) is 4.79 Å². The SMILES string of the molecule is CSSCCC(=O)CCC(O)CO. The molecule has 0 heterocycles. The lowest BCUT2D eigenvalue weighted by Gasteiger charge is -2.05. The average Bonchev–Trinajstić information content (AvgIpc) is 2.14. The Morgan fingerprint density at radius 3 is 2.69 bits per heavy atom. The molecule has 0 saturated heterocycles. The molecular formula is C8H16O3S2. The fraction of sp³-hybridized carbons (Fsp3) is 0.875. The third-order valence-corrected chi connectivity index (χ3v) is 3.36. The Morgan fingerprint density at radius 2 is 2.15 bits per heavy atom. The van der Waals surface area contributed by atoms with Crippen LogP contribution in [0, 0.1) is 0 Å². The highest BCUT2D eigenvalue weighted by molar-refractivity contribution is 8.76. The molecule has 0 aromatic heterocycles. The predicted molar refractivity (Wildman–Crippen MR) is 57.9 cm³/mol. The number of aliphatic hydroxyl groups is 2. The summed E-state index contributed by atoms with van der Waals surface area (Å²) >= 11 is 0. The molecule has 0 bridgehead atoms. The van der Waals surface area contributed by atoms with Crippen LogP contribution in [-0.2, 0) is 4.79 Å². The van der Waals surface area contributed by atoms with Gasteiger partial charge in [0.15, 0.2) is 0 Å². The predicted octanol–water partition coefficient (Wildman–Crippen LogP) is 1.09. The molecule has 0 aliphatic heterocycles. The minimum absolute atomic E-state index is 0.161. The van der Waals surface area contributed by atoms with Gasteiger partial charge in [0.1, 0.15) is 5.78 Å². The van der Waals surface area contributed by atoms with Crippen molar-refractivity contribution < 1.29 is 15.0 Å². The van der Waals surface area contributed by atoms with Crippen molar-refractivity contribution in [2.75, 3.05) is 18.6 Å². The second-order valence-electron chi connectivity index (χ2n) is 2.65. The molecule has 3 nitrogen and oxygen atoms in total. The smallest absolute Gasteiger partial charge is 0.133 e. The van der Waals surface area contributed by atoms with Crippen LogP contribution in [0.15, 0.2) is 0 Å². The Kier molecular flexibility index (Phi) is 9.07. The number of carbonyl (C=O) groups excluding carboxylic acids is 1. The van der Waals surface area contributed by atoms with E-state index in [0.717, 1.165) is 5.75 Å². The number of hydrogen-bond donors (Lipinski definition) is 2. The van der Waals surface area contributed by atoms with Crippen LogP contribution in [0.25, 0.3) is 0 Å². The summed E-state index contributed by atoms with van der Waals surface area (Å²) < 4.78 is 0. The maximum atomic E-state index is 11.1. The van der Waals surface area contributed by atoms with Gasteiger partial charge in [0, 0.05) is 18.6 Å². The van der Waals surface area contributed by atoms with Crippen LogP contribution >= 0.6 is 21.6 Å². The minimum atomic E-state index is -0.739. The van der Waals surface area contributed by atoms with E-state index in [0.29, 0.717) is 19.3 Å². The molecule has 1 atom stereocenters. The van der Waals surface area contributed by atoms with Crippen LogP contribution in [0.4, 0.5) is 0 Å². The van der Waals surface area contributed by atoms with Crippen molar-refractivity contribution in [3.63, 3.8) is 0 Å². The number of hydrogen-bond acceptors (Lipinski definition) is 5. The minimum Gasteiger partial charge on any atom is -0.394 e. The molecule has 0 aromatic carbocycles. The topological polar surface area (TPSA) is 57.5 Å². The normalized spacial score (nSPS) is 12.8. The van der Waals surface area contributed by atoms with Crippen molar-refractivity contribution in [1.29, 1.82) is 0 Å². The Balaban J connectivity index is 3.30. The lowest BCUT2D eigenvalue weighted by atomic mass is 10.1. The molecular weight excluding hydrogens is 208 g/mol. The van der Waals surface area contributed by atoms with E-state index in [4.69, 9.17) is 10.2 Å². The molecule has 0 aliphatic carbocycles. The average molecular weight is 224 g/mol. The highest BCUT2D eigenvalue weighted by Crippen LogP contribution is 2.18. The molecule has 0 radical (unpaired) electrons. The first kappa shape index (κ1) is 13.3. The lowest BCUT2D eigenvalue weighted by molar-refractivity contribution is -0.119. The standard InChI is InChI=1S/C8H16O3S2/c1-12-13-5-4-7(10)2-3-8(11)6-9/h8-9,11H,2-6H2,1H3. The van der Waals surface area contributed by atoms with E-state index in [1.807, 2.05) is 6.26 Å². The van der Waals surface area contributed by atoms with Crippen LogP contribution in [0.5, 0.6) is 0 Å². The van der Waals surface area contributed by atoms with Crippen LogP contribution < -0.4 is 0 Å². The maximum absolute atomic E-state index is 11.1. The van der Waals surface area contributed by atoms with Gasteiger partial charge in [0.05, 0.1) is 12.7 Å². The molecule has 2 N–H and O–H groups in total. The molecule has 13 heavy (non-hydrogen) atoms. The monoisotopic (exact) mass is 224 g/mol. The lowest BCUT2D eigenvalue weighted by Crippen LogP contribution is -2.14. The molecule has 0 rings (SSSR count). The van der Waals surface area contributed by atoms with Gasteiger partial charge in [-0.25, -0.2) is 0 Å². The first-order chi connectivity index (χ1) is 6.20. The summed E-state index contributed by atoms with van der Waals surface area (Å²) in [5.41, 5.74) is 0. The number of Topliss-reactive ketones (excluding diaryl/α,β-unsaturated/α-hetero) is 1. The zero-order chi connectivity index (χ0) is 10.1. The molecule has 0 saturated carbocycles. The molecule has 0 fully saturated rings. The number of ketones is 1. The number of aliphatic hydroxyl groups excluding tert-OH is 2. The Bertz CT molecular complexity index is 141. The van der Waals surface area contributed by atoms with Crippen LogP contribution in [-0.4, -0.2) is 40.7 Å². The quantitative estimate of drug-likeness (QED) is 0.477. The fourth-order valence-electron chi connectivity index (χ4n) is 0.783. The van der Waals surface area contributed by atoms with E-state index in [1.54, 1.807) is 21.6 Å². The third kappa shape index (κ3) is 8.62. The Morgan fingerprint density at radius 1 is 1.46 bits per heavy atom. The summed E-state index contributed by atoms with van der Waals surface area (Å²) in [4.78, 5) is 11.1. The summed E-state index contributed by atoms with van der Waals surface area (Å²) in [5, 5.41) is 17.5. The van der Waals surface area contributed by atoms with Gasteiger partial charge in [-0.15, -0.1) is 0 Å². The summed E-state index contributed by atoms with van der Waals surface area (Å²) in [6.45, 7) is -0.257. The van der Waals surface area contributed by atoms with Gasteiger partial charge in [-0.1, -0.05) is 21.6 Å². The second-order valence-corrected chi connectivity index (χ2v) is 5.34. The molecule has 0 spiro atoms. The highest BCUT2D eigenvalue weighted by Gasteiger charge is 2.06.